The minimum absolute atomic E-state index is 0.0284. The molecule has 4 rings (SSSR count). The fourth-order valence-electron chi connectivity index (χ4n) is 4.87. The van der Waals surface area contributed by atoms with Crippen LogP contribution in [-0.4, -0.2) is 33.1 Å². The second kappa shape index (κ2) is 4.07. The number of carbonyl (C=O) groups is 1. The number of hydrogen-bond donors (Lipinski definition) is 0. The summed E-state index contributed by atoms with van der Waals surface area (Å²) in [6, 6.07) is 0. The van der Waals surface area contributed by atoms with Crippen molar-refractivity contribution in [3.05, 3.63) is 10.1 Å². The molecule has 0 radical (unpaired) electrons. The maximum atomic E-state index is 11.8. The van der Waals surface area contributed by atoms with Crippen LogP contribution in [0, 0.1) is 22.0 Å². The Kier molecular flexibility index (Phi) is 2.82. The van der Waals surface area contributed by atoms with E-state index >= 15 is 0 Å². The summed E-state index contributed by atoms with van der Waals surface area (Å²) >= 11 is 3.78. The van der Waals surface area contributed by atoms with Crippen LogP contribution in [0.4, 0.5) is 4.79 Å². The van der Waals surface area contributed by atoms with E-state index in [1.54, 1.807) is 0 Å². The highest BCUT2D eigenvalue weighted by Gasteiger charge is 2.64. The monoisotopic (exact) mass is 332 g/mol. The number of rotatable bonds is 2. The van der Waals surface area contributed by atoms with Crippen LogP contribution < -0.4 is 0 Å². The summed E-state index contributed by atoms with van der Waals surface area (Å²) in [7, 11) is 1.20. The molecule has 1 amide bonds. The van der Waals surface area contributed by atoms with Gasteiger partial charge in [0.2, 0.25) is 0 Å². The number of hydrogen-bond acceptors (Lipinski definition) is 4. The Morgan fingerprint density at radius 1 is 1.37 bits per heavy atom. The standard InChI is InChI=1S/C12H17BrN2O4/c1-19-10(16)14(15(17)18)12-5-8-2-9(6-12)4-11(13,3-8)7-12/h8-9H,2-7H2,1H3/t8-,9+,11?,12?. The zero-order chi connectivity index (χ0) is 13.8. The van der Waals surface area contributed by atoms with Crippen molar-refractivity contribution >= 4 is 22.0 Å². The quantitative estimate of drug-likeness (QED) is 0.442. The molecule has 19 heavy (non-hydrogen) atoms. The van der Waals surface area contributed by atoms with Crippen LogP contribution in [0.2, 0.25) is 0 Å². The predicted octanol–water partition coefficient (Wildman–Crippen LogP) is 2.73. The Balaban J connectivity index is 1.98. The third-order valence-electron chi connectivity index (χ3n) is 4.92. The Hall–Kier alpha value is -0.850. The lowest BCUT2D eigenvalue weighted by molar-refractivity contribution is -0.658. The fraction of sp³-hybridized carbons (Fsp3) is 0.917. The molecule has 2 unspecified atom stereocenters. The van der Waals surface area contributed by atoms with Crippen LogP contribution in [0.3, 0.4) is 0 Å². The lowest BCUT2D eigenvalue weighted by Gasteiger charge is -2.59. The first kappa shape index (κ1) is 13.1. The number of hydrazine groups is 1. The van der Waals surface area contributed by atoms with Crippen molar-refractivity contribution in [2.45, 2.75) is 48.4 Å². The number of amides is 1. The Labute approximate surface area is 119 Å². The van der Waals surface area contributed by atoms with Crippen LogP contribution in [0.1, 0.15) is 38.5 Å². The first-order valence-corrected chi connectivity index (χ1v) is 7.38. The summed E-state index contributed by atoms with van der Waals surface area (Å²) in [6.07, 6.45) is 4.55. The summed E-state index contributed by atoms with van der Waals surface area (Å²) < 4.78 is 4.60. The number of halogens is 1. The van der Waals surface area contributed by atoms with Crippen molar-refractivity contribution in [2.24, 2.45) is 11.8 Å². The maximum Gasteiger partial charge on any atom is 0.468 e. The fourth-order valence-corrected chi connectivity index (χ4v) is 6.31. The molecule has 0 aromatic rings. The summed E-state index contributed by atoms with van der Waals surface area (Å²) in [5.41, 5.74) is -0.663. The van der Waals surface area contributed by atoms with Gasteiger partial charge in [0.05, 0.1) is 7.11 Å². The summed E-state index contributed by atoms with van der Waals surface area (Å²) in [6.45, 7) is 0. The van der Waals surface area contributed by atoms with Gasteiger partial charge >= 0.3 is 6.09 Å². The SMILES string of the molecule is COC(=O)N([N+](=O)[O-])C12C[C@@H]3C[C@@H](CC(Br)(C3)C1)C2. The molecule has 0 aromatic heterocycles. The normalized spacial score (nSPS) is 43.1. The lowest BCUT2D eigenvalue weighted by Crippen LogP contribution is -2.66. The van der Waals surface area contributed by atoms with Gasteiger partial charge < -0.3 is 4.74 Å². The lowest BCUT2D eigenvalue weighted by atomic mass is 9.52. The van der Waals surface area contributed by atoms with Gasteiger partial charge in [0, 0.05) is 4.32 Å². The average Bonchev–Trinajstić information content (AvgIpc) is 2.24. The van der Waals surface area contributed by atoms with Crippen molar-refractivity contribution in [3.8, 4) is 0 Å². The van der Waals surface area contributed by atoms with Crippen molar-refractivity contribution < 1.29 is 14.6 Å². The van der Waals surface area contributed by atoms with E-state index in [1.807, 2.05) is 0 Å². The molecule has 6 nitrogen and oxygen atoms in total. The van der Waals surface area contributed by atoms with Crippen molar-refractivity contribution in [1.82, 2.24) is 5.01 Å². The Morgan fingerprint density at radius 3 is 2.37 bits per heavy atom. The number of ether oxygens (including phenoxy) is 1. The van der Waals surface area contributed by atoms with Gasteiger partial charge in [-0.3, -0.25) is 0 Å². The number of carbonyl (C=O) groups excluding carboxylic acids is 1. The molecule has 4 bridgehead atoms. The smallest absolute Gasteiger partial charge is 0.449 e. The third kappa shape index (κ3) is 1.93. The minimum Gasteiger partial charge on any atom is -0.449 e. The highest BCUT2D eigenvalue weighted by molar-refractivity contribution is 9.10. The molecule has 0 heterocycles. The number of alkyl halides is 1. The largest absolute Gasteiger partial charge is 0.468 e. The van der Waals surface area contributed by atoms with E-state index < -0.39 is 16.7 Å². The van der Waals surface area contributed by atoms with Crippen molar-refractivity contribution in [1.29, 1.82) is 0 Å². The predicted molar refractivity (Wildman–Crippen MR) is 70.3 cm³/mol. The van der Waals surface area contributed by atoms with E-state index in [0.717, 1.165) is 37.1 Å². The first-order valence-electron chi connectivity index (χ1n) is 6.59. The van der Waals surface area contributed by atoms with E-state index in [1.165, 1.54) is 7.11 Å². The van der Waals surface area contributed by atoms with E-state index in [4.69, 9.17) is 0 Å². The molecule has 0 spiro atoms. The third-order valence-corrected chi connectivity index (χ3v) is 5.85. The van der Waals surface area contributed by atoms with Crippen LogP contribution in [-0.2, 0) is 4.74 Å². The molecule has 0 aliphatic heterocycles. The maximum absolute atomic E-state index is 11.8. The van der Waals surface area contributed by atoms with Gasteiger partial charge in [0.25, 0.3) is 0 Å². The van der Waals surface area contributed by atoms with Crippen LogP contribution >= 0.6 is 15.9 Å². The van der Waals surface area contributed by atoms with E-state index in [2.05, 4.69) is 20.7 Å². The second-order valence-corrected chi connectivity index (χ2v) is 8.04. The average molecular weight is 333 g/mol. The van der Waals surface area contributed by atoms with Crippen LogP contribution in [0.15, 0.2) is 0 Å². The highest BCUT2D eigenvalue weighted by atomic mass is 79.9. The Bertz CT molecular complexity index is 427. The topological polar surface area (TPSA) is 72.7 Å². The molecule has 7 heteroatoms. The zero-order valence-electron chi connectivity index (χ0n) is 10.8. The number of methoxy groups -OCH3 is 1. The summed E-state index contributed by atoms with van der Waals surface area (Å²) in [5, 5.41) is 11.5. The van der Waals surface area contributed by atoms with Crippen LogP contribution in [0.5, 0.6) is 0 Å². The zero-order valence-corrected chi connectivity index (χ0v) is 12.4. The van der Waals surface area contributed by atoms with Crippen molar-refractivity contribution in [2.75, 3.05) is 7.11 Å². The van der Waals surface area contributed by atoms with Gasteiger partial charge in [0.15, 0.2) is 5.03 Å². The number of nitro groups is 1. The molecule has 106 valence electrons. The first-order chi connectivity index (χ1) is 8.87. The minimum atomic E-state index is -0.844. The second-order valence-electron chi connectivity index (χ2n) is 6.36. The van der Waals surface area contributed by atoms with Gasteiger partial charge in [-0.15, -0.1) is 0 Å². The van der Waals surface area contributed by atoms with Gasteiger partial charge in [-0.2, -0.15) is 0 Å². The Morgan fingerprint density at radius 2 is 1.95 bits per heavy atom. The number of nitrogens with zero attached hydrogens (tertiary/aromatic N) is 2. The summed E-state index contributed by atoms with van der Waals surface area (Å²) in [4.78, 5) is 23.2. The molecule has 4 aliphatic rings. The van der Waals surface area contributed by atoms with E-state index in [9.17, 15) is 14.9 Å². The van der Waals surface area contributed by atoms with Crippen LogP contribution in [0.25, 0.3) is 0 Å². The molecular formula is C12H17BrN2O4. The molecule has 0 saturated heterocycles. The van der Waals surface area contributed by atoms with E-state index in [-0.39, 0.29) is 4.32 Å². The van der Waals surface area contributed by atoms with Gasteiger partial charge in [-0.25, -0.2) is 14.9 Å². The van der Waals surface area contributed by atoms with Crippen molar-refractivity contribution in [3.63, 3.8) is 0 Å². The molecule has 4 aliphatic carbocycles. The van der Waals surface area contributed by atoms with Gasteiger partial charge in [-0.1, -0.05) is 15.9 Å². The highest BCUT2D eigenvalue weighted by Crippen LogP contribution is 2.62. The molecule has 0 N–H and O–H groups in total. The van der Waals surface area contributed by atoms with E-state index in [0.29, 0.717) is 18.3 Å². The molecule has 4 fully saturated rings. The van der Waals surface area contributed by atoms with Gasteiger partial charge in [0.1, 0.15) is 5.54 Å². The molecule has 0 aromatic carbocycles. The van der Waals surface area contributed by atoms with Gasteiger partial charge in [-0.05, 0) is 55.4 Å². The molecule has 4 saturated carbocycles. The molecular weight excluding hydrogens is 316 g/mol. The summed E-state index contributed by atoms with van der Waals surface area (Å²) in [5.74, 6) is 0.959. The molecule has 4 atom stereocenters.